The second-order valence-corrected chi connectivity index (χ2v) is 5.27. The molecule has 0 atom stereocenters. The van der Waals surface area contributed by atoms with Crippen molar-refractivity contribution < 1.29 is 14.3 Å². The zero-order chi connectivity index (χ0) is 18.2. The van der Waals surface area contributed by atoms with E-state index in [4.69, 9.17) is 4.74 Å². The van der Waals surface area contributed by atoms with Crippen molar-refractivity contribution in [2.45, 2.75) is 0 Å². The number of amides is 3. The highest BCUT2D eigenvalue weighted by Gasteiger charge is 2.17. The first-order valence-electron chi connectivity index (χ1n) is 7.45. The minimum Gasteiger partial charge on any atom is -0.408 e. The van der Waals surface area contributed by atoms with E-state index in [0.717, 1.165) is 0 Å². The maximum absolute atomic E-state index is 11.7. The van der Waals surface area contributed by atoms with Gasteiger partial charge in [-0.15, -0.1) is 0 Å². The van der Waals surface area contributed by atoms with Crippen LogP contribution in [-0.4, -0.2) is 43.1 Å². The van der Waals surface area contributed by atoms with Crippen molar-refractivity contribution in [1.29, 1.82) is 0 Å². The standard InChI is InChI=1S/C17H19N5O3/c1-21(2)17(24)25-15-10-7-11-22(3)14(15)12-18-20-16(23)19-13-8-5-4-6-9-13/h4-12H,1-3H3,(H,19,23)/b14-12+,20-18?. The molecular formula is C17H19N5O3. The van der Waals surface area contributed by atoms with Gasteiger partial charge in [-0.3, -0.25) is 0 Å². The van der Waals surface area contributed by atoms with Gasteiger partial charge in [0, 0.05) is 33.0 Å². The number of nitrogens with zero attached hydrogens (tertiary/aromatic N) is 4. The minimum atomic E-state index is -0.604. The molecule has 0 bridgehead atoms. The summed E-state index contributed by atoms with van der Waals surface area (Å²) in [5.41, 5.74) is 1.12. The number of hydrogen-bond donors (Lipinski definition) is 1. The molecule has 0 fully saturated rings. The molecule has 0 saturated carbocycles. The lowest BCUT2D eigenvalue weighted by molar-refractivity contribution is 0.145. The third-order valence-corrected chi connectivity index (χ3v) is 3.11. The summed E-state index contributed by atoms with van der Waals surface area (Å²) in [4.78, 5) is 26.5. The van der Waals surface area contributed by atoms with Crippen LogP contribution in [0.5, 0.6) is 0 Å². The van der Waals surface area contributed by atoms with E-state index in [0.29, 0.717) is 17.1 Å². The molecule has 1 heterocycles. The number of rotatable bonds is 3. The normalized spacial score (nSPS) is 15.2. The number of anilines is 1. The number of carbonyl (C=O) groups excluding carboxylic acids is 2. The Kier molecular flexibility index (Phi) is 6.05. The number of urea groups is 1. The molecule has 130 valence electrons. The highest BCUT2D eigenvalue weighted by molar-refractivity contribution is 5.89. The third-order valence-electron chi connectivity index (χ3n) is 3.11. The fourth-order valence-corrected chi connectivity index (χ4v) is 1.83. The predicted octanol–water partition coefficient (Wildman–Crippen LogP) is 3.55. The number of likely N-dealkylation sites (N-methyl/N-ethyl adjacent to an activating group) is 1. The highest BCUT2D eigenvalue weighted by atomic mass is 16.6. The zero-order valence-corrected chi connectivity index (χ0v) is 14.2. The van der Waals surface area contributed by atoms with Crippen molar-refractivity contribution in [1.82, 2.24) is 9.80 Å². The van der Waals surface area contributed by atoms with Crippen LogP contribution in [0.3, 0.4) is 0 Å². The van der Waals surface area contributed by atoms with Gasteiger partial charge < -0.3 is 19.9 Å². The molecule has 2 rings (SSSR count). The molecular weight excluding hydrogens is 322 g/mol. The van der Waals surface area contributed by atoms with Gasteiger partial charge in [-0.05, 0) is 24.3 Å². The Balaban J connectivity index is 2.06. The van der Waals surface area contributed by atoms with E-state index in [1.807, 2.05) is 6.07 Å². The van der Waals surface area contributed by atoms with Gasteiger partial charge in [-0.1, -0.05) is 23.3 Å². The molecule has 0 radical (unpaired) electrons. The lowest BCUT2D eigenvalue weighted by atomic mass is 10.2. The number of allylic oxidation sites excluding steroid dienone is 2. The molecule has 1 aromatic rings. The molecule has 1 aliphatic heterocycles. The third kappa shape index (κ3) is 5.31. The summed E-state index contributed by atoms with van der Waals surface area (Å²) in [7, 11) is 4.93. The number of ether oxygens (including phenoxy) is 1. The van der Waals surface area contributed by atoms with Crippen molar-refractivity contribution in [2.75, 3.05) is 26.5 Å². The van der Waals surface area contributed by atoms with Gasteiger partial charge in [0.05, 0.1) is 6.20 Å². The number of benzene rings is 1. The Hall–Kier alpha value is -3.42. The van der Waals surface area contributed by atoms with Crippen LogP contribution in [0.25, 0.3) is 0 Å². The molecule has 8 nitrogen and oxygen atoms in total. The van der Waals surface area contributed by atoms with Crippen molar-refractivity contribution in [3.63, 3.8) is 0 Å². The summed E-state index contributed by atoms with van der Waals surface area (Å²) in [5.74, 6) is 0.311. The van der Waals surface area contributed by atoms with Gasteiger partial charge in [0.1, 0.15) is 5.70 Å². The monoisotopic (exact) mass is 341 g/mol. The van der Waals surface area contributed by atoms with Crippen LogP contribution in [0.1, 0.15) is 0 Å². The molecule has 0 spiro atoms. The first-order chi connectivity index (χ1) is 12.0. The van der Waals surface area contributed by atoms with Gasteiger partial charge in [0.25, 0.3) is 0 Å². The number of hydrogen-bond acceptors (Lipinski definition) is 5. The molecule has 0 unspecified atom stereocenters. The average Bonchev–Trinajstić information content (AvgIpc) is 2.58. The fraction of sp³-hybridized carbons (Fsp3) is 0.176. The summed E-state index contributed by atoms with van der Waals surface area (Å²) < 4.78 is 5.27. The number of carbonyl (C=O) groups is 2. The zero-order valence-electron chi connectivity index (χ0n) is 14.2. The predicted molar refractivity (Wildman–Crippen MR) is 93.6 cm³/mol. The van der Waals surface area contributed by atoms with Gasteiger partial charge >= 0.3 is 12.1 Å². The number of nitrogens with one attached hydrogen (secondary N) is 1. The van der Waals surface area contributed by atoms with Crippen molar-refractivity contribution >= 4 is 17.8 Å². The largest absolute Gasteiger partial charge is 0.414 e. The van der Waals surface area contributed by atoms with E-state index in [-0.39, 0.29) is 0 Å². The summed E-state index contributed by atoms with van der Waals surface area (Å²) >= 11 is 0. The Morgan fingerprint density at radius 1 is 1.24 bits per heavy atom. The SMILES string of the molecule is CN(C)C(=O)OC1=CC=CN(C)/C1=C/N=NC(=O)Nc1ccccc1. The van der Waals surface area contributed by atoms with Crippen LogP contribution < -0.4 is 5.32 Å². The summed E-state index contributed by atoms with van der Waals surface area (Å²) in [6, 6.07) is 8.33. The molecule has 1 N–H and O–H groups in total. The molecule has 0 aromatic heterocycles. The summed E-state index contributed by atoms with van der Waals surface area (Å²) in [6.45, 7) is 0. The summed E-state index contributed by atoms with van der Waals surface area (Å²) in [6.07, 6.45) is 5.96. The molecule has 8 heteroatoms. The highest BCUT2D eigenvalue weighted by Crippen LogP contribution is 2.21. The van der Waals surface area contributed by atoms with Crippen LogP contribution in [-0.2, 0) is 4.74 Å². The second kappa shape index (κ2) is 8.44. The van der Waals surface area contributed by atoms with Crippen LogP contribution in [0.15, 0.2) is 76.6 Å². The Morgan fingerprint density at radius 3 is 2.64 bits per heavy atom. The fourth-order valence-electron chi connectivity index (χ4n) is 1.83. The van der Waals surface area contributed by atoms with E-state index in [9.17, 15) is 9.59 Å². The van der Waals surface area contributed by atoms with Gasteiger partial charge in [-0.2, -0.15) is 5.11 Å². The van der Waals surface area contributed by atoms with E-state index in [1.54, 1.807) is 68.7 Å². The Morgan fingerprint density at radius 2 is 1.96 bits per heavy atom. The maximum atomic E-state index is 11.7. The van der Waals surface area contributed by atoms with E-state index in [1.165, 1.54) is 11.1 Å². The average molecular weight is 341 g/mol. The molecule has 3 amide bonds. The van der Waals surface area contributed by atoms with Crippen molar-refractivity contribution in [3.05, 3.63) is 66.3 Å². The Bertz CT molecular complexity index is 751. The van der Waals surface area contributed by atoms with E-state index < -0.39 is 12.1 Å². The quantitative estimate of drug-likeness (QED) is 0.852. The van der Waals surface area contributed by atoms with Gasteiger partial charge in [-0.25, -0.2) is 9.59 Å². The lowest BCUT2D eigenvalue weighted by Crippen LogP contribution is -2.25. The molecule has 25 heavy (non-hydrogen) atoms. The molecule has 0 saturated heterocycles. The van der Waals surface area contributed by atoms with Gasteiger partial charge in [0.15, 0.2) is 5.76 Å². The van der Waals surface area contributed by atoms with Crippen LogP contribution in [0, 0.1) is 0 Å². The summed E-state index contributed by atoms with van der Waals surface area (Å²) in [5, 5.41) is 9.93. The minimum absolute atomic E-state index is 0.311. The number of para-hydroxylation sites is 1. The van der Waals surface area contributed by atoms with Crippen LogP contribution in [0.4, 0.5) is 15.3 Å². The second-order valence-electron chi connectivity index (χ2n) is 5.27. The maximum Gasteiger partial charge on any atom is 0.414 e. The van der Waals surface area contributed by atoms with Crippen LogP contribution >= 0.6 is 0 Å². The first-order valence-corrected chi connectivity index (χ1v) is 7.45. The molecule has 0 aliphatic carbocycles. The Labute approximate surface area is 145 Å². The smallest absolute Gasteiger partial charge is 0.408 e. The number of azo groups is 1. The first kappa shape index (κ1) is 17.9. The van der Waals surface area contributed by atoms with E-state index >= 15 is 0 Å². The molecule has 1 aromatic carbocycles. The van der Waals surface area contributed by atoms with Crippen molar-refractivity contribution in [2.24, 2.45) is 10.2 Å². The van der Waals surface area contributed by atoms with Crippen molar-refractivity contribution in [3.8, 4) is 0 Å². The lowest BCUT2D eigenvalue weighted by Gasteiger charge is -2.23. The molecule has 1 aliphatic rings. The topological polar surface area (TPSA) is 86.6 Å². The van der Waals surface area contributed by atoms with Crippen LogP contribution in [0.2, 0.25) is 0 Å². The van der Waals surface area contributed by atoms with Gasteiger partial charge in [0.2, 0.25) is 0 Å². The van der Waals surface area contributed by atoms with E-state index in [2.05, 4.69) is 15.5 Å².